The number of nitrogens with one attached hydrogen (secondary N) is 2. The molecule has 2 N–H and O–H groups in total. The van der Waals surface area contributed by atoms with E-state index >= 15 is 0 Å². The van der Waals surface area contributed by atoms with Gasteiger partial charge in [-0.3, -0.25) is 9.59 Å². The number of nitrogens with zero attached hydrogens (tertiary/aromatic N) is 3. The number of likely N-dealkylation sites (N-methyl/N-ethyl adjacent to an activating group) is 1. The molecular weight excluding hydrogens is 494 g/mol. The van der Waals surface area contributed by atoms with Crippen LogP contribution in [0.15, 0.2) is 55.0 Å². The average molecular weight is 520 g/mol. The first kappa shape index (κ1) is 25.9. The van der Waals surface area contributed by atoms with Crippen LogP contribution in [0.4, 0.5) is 11.4 Å². The molecule has 0 radical (unpaired) electrons. The predicted octanol–water partition coefficient (Wildman–Crippen LogP) is 5.42. The summed E-state index contributed by atoms with van der Waals surface area (Å²) in [6, 6.07) is 8.62. The lowest BCUT2D eigenvalue weighted by atomic mass is 10.0. The van der Waals surface area contributed by atoms with E-state index in [0.717, 1.165) is 11.3 Å². The standard InChI is InChI=1S/C27H26ClN5O4/c1-15-8-16(2)32-23(9-15)37-18-6-7-19(21(28)10-18)26(35)20-11-29-27-24(20)25(22(12-30-27)31-14-34)33(4)17(3)13-36-5/h6-12,14H,3,13H2,1-2,4-5H3,(H,29,30)(H,31,34). The molecular formula is C27H26ClN5O4. The quantitative estimate of drug-likeness (QED) is 0.213. The van der Waals surface area contributed by atoms with Crippen molar-refractivity contribution in [1.29, 1.82) is 0 Å². The molecule has 4 aromatic rings. The zero-order chi connectivity index (χ0) is 26.7. The molecule has 37 heavy (non-hydrogen) atoms. The van der Waals surface area contributed by atoms with E-state index in [4.69, 9.17) is 21.1 Å². The number of aryl methyl sites for hydroxylation is 2. The summed E-state index contributed by atoms with van der Waals surface area (Å²) in [5.74, 6) is 0.562. The van der Waals surface area contributed by atoms with Crippen molar-refractivity contribution in [2.45, 2.75) is 13.8 Å². The third-order valence-corrected chi connectivity index (χ3v) is 6.05. The third kappa shape index (κ3) is 5.32. The van der Waals surface area contributed by atoms with Gasteiger partial charge in [0, 0.05) is 49.4 Å². The van der Waals surface area contributed by atoms with Crippen molar-refractivity contribution in [3.8, 4) is 11.6 Å². The Bertz CT molecular complexity index is 1490. The second kappa shape index (κ2) is 10.8. The number of halogens is 1. The number of aromatic nitrogens is 3. The van der Waals surface area contributed by atoms with Crippen LogP contribution >= 0.6 is 11.6 Å². The average Bonchev–Trinajstić information content (AvgIpc) is 3.27. The number of rotatable bonds is 10. The maximum atomic E-state index is 13.7. The fraction of sp³-hybridized carbons (Fsp3) is 0.185. The van der Waals surface area contributed by atoms with Crippen molar-refractivity contribution in [3.05, 3.63) is 82.4 Å². The van der Waals surface area contributed by atoms with E-state index in [-0.39, 0.29) is 23.0 Å². The molecule has 0 aliphatic rings. The van der Waals surface area contributed by atoms with Gasteiger partial charge in [0.2, 0.25) is 12.3 Å². The summed E-state index contributed by atoms with van der Waals surface area (Å²) in [6.07, 6.45) is 3.63. The predicted molar refractivity (Wildman–Crippen MR) is 144 cm³/mol. The molecule has 3 heterocycles. The van der Waals surface area contributed by atoms with Gasteiger partial charge in [-0.25, -0.2) is 9.97 Å². The summed E-state index contributed by atoms with van der Waals surface area (Å²) in [5, 5.41) is 3.38. The Morgan fingerprint density at radius 2 is 2.03 bits per heavy atom. The molecule has 10 heteroatoms. The normalized spacial score (nSPS) is 10.8. The van der Waals surface area contributed by atoms with E-state index < -0.39 is 0 Å². The Labute approximate surface area is 219 Å². The van der Waals surface area contributed by atoms with Crippen molar-refractivity contribution < 1.29 is 19.1 Å². The van der Waals surface area contributed by atoms with E-state index in [1.54, 1.807) is 43.5 Å². The molecule has 0 aliphatic carbocycles. The van der Waals surface area contributed by atoms with Crippen molar-refractivity contribution in [2.24, 2.45) is 0 Å². The van der Waals surface area contributed by atoms with Gasteiger partial charge < -0.3 is 24.7 Å². The molecule has 0 bridgehead atoms. The van der Waals surface area contributed by atoms with Gasteiger partial charge in [-0.15, -0.1) is 0 Å². The fourth-order valence-corrected chi connectivity index (χ4v) is 4.32. The molecule has 0 atom stereocenters. The monoisotopic (exact) mass is 519 g/mol. The van der Waals surface area contributed by atoms with E-state index in [1.807, 2.05) is 26.0 Å². The highest BCUT2D eigenvalue weighted by molar-refractivity contribution is 6.36. The van der Waals surface area contributed by atoms with Gasteiger partial charge in [-0.2, -0.15) is 0 Å². The number of pyridine rings is 2. The number of hydrogen-bond acceptors (Lipinski definition) is 7. The summed E-state index contributed by atoms with van der Waals surface area (Å²) >= 11 is 6.55. The first-order valence-electron chi connectivity index (χ1n) is 11.3. The molecule has 190 valence electrons. The van der Waals surface area contributed by atoms with Crippen LogP contribution < -0.4 is 15.0 Å². The number of hydrogen-bond donors (Lipinski definition) is 2. The number of carbonyl (C=O) groups excluding carboxylic acids is 2. The maximum Gasteiger partial charge on any atom is 0.219 e. The second-order valence-corrected chi connectivity index (χ2v) is 8.87. The number of aromatic amines is 1. The molecule has 0 saturated carbocycles. The van der Waals surface area contributed by atoms with Crippen LogP contribution in [-0.2, 0) is 9.53 Å². The highest BCUT2D eigenvalue weighted by Gasteiger charge is 2.24. The Morgan fingerprint density at radius 3 is 2.70 bits per heavy atom. The minimum atomic E-state index is -0.329. The zero-order valence-corrected chi connectivity index (χ0v) is 21.6. The topological polar surface area (TPSA) is 109 Å². The zero-order valence-electron chi connectivity index (χ0n) is 20.9. The van der Waals surface area contributed by atoms with Gasteiger partial charge in [-0.05, 0) is 37.6 Å². The fourth-order valence-electron chi connectivity index (χ4n) is 4.06. The smallest absolute Gasteiger partial charge is 0.219 e. The number of carbonyl (C=O) groups is 2. The summed E-state index contributed by atoms with van der Waals surface area (Å²) in [4.78, 5) is 38.5. The molecule has 0 unspecified atom stereocenters. The lowest BCUT2D eigenvalue weighted by Crippen LogP contribution is -2.21. The second-order valence-electron chi connectivity index (χ2n) is 8.46. The number of amides is 1. The number of anilines is 2. The minimum absolute atomic E-state index is 0.218. The van der Waals surface area contributed by atoms with Crippen LogP contribution in [-0.4, -0.2) is 47.9 Å². The highest BCUT2D eigenvalue weighted by atomic mass is 35.5. The maximum absolute atomic E-state index is 13.7. The summed E-state index contributed by atoms with van der Waals surface area (Å²) in [7, 11) is 3.33. The molecule has 0 fully saturated rings. The lowest BCUT2D eigenvalue weighted by Gasteiger charge is -2.25. The molecule has 0 saturated heterocycles. The number of fused-ring (bicyclic) bond motifs is 1. The number of ketones is 1. The minimum Gasteiger partial charge on any atom is -0.439 e. The first-order valence-corrected chi connectivity index (χ1v) is 11.7. The largest absolute Gasteiger partial charge is 0.439 e. The third-order valence-electron chi connectivity index (χ3n) is 5.74. The first-order chi connectivity index (χ1) is 17.7. The molecule has 0 aliphatic heterocycles. The lowest BCUT2D eigenvalue weighted by molar-refractivity contribution is -0.105. The Hall–Kier alpha value is -4.21. The van der Waals surface area contributed by atoms with Gasteiger partial charge in [0.05, 0.1) is 40.2 Å². The van der Waals surface area contributed by atoms with Crippen molar-refractivity contribution in [3.63, 3.8) is 0 Å². The van der Waals surface area contributed by atoms with E-state index in [2.05, 4.69) is 26.8 Å². The van der Waals surface area contributed by atoms with Gasteiger partial charge in [0.1, 0.15) is 11.4 Å². The van der Waals surface area contributed by atoms with Gasteiger partial charge >= 0.3 is 0 Å². The van der Waals surface area contributed by atoms with E-state index in [0.29, 0.717) is 51.7 Å². The van der Waals surface area contributed by atoms with Crippen LogP contribution in [0.2, 0.25) is 5.02 Å². The van der Waals surface area contributed by atoms with Crippen molar-refractivity contribution >= 4 is 46.2 Å². The number of benzene rings is 1. The van der Waals surface area contributed by atoms with Crippen LogP contribution in [0.5, 0.6) is 11.6 Å². The van der Waals surface area contributed by atoms with Gasteiger partial charge in [0.15, 0.2) is 5.78 Å². The van der Waals surface area contributed by atoms with E-state index in [9.17, 15) is 9.59 Å². The van der Waals surface area contributed by atoms with Gasteiger partial charge in [-0.1, -0.05) is 18.2 Å². The molecule has 3 aromatic heterocycles. The SMILES string of the molecule is C=C(COC)N(C)c1c(NC=O)cnc2[nH]cc(C(=O)c3ccc(Oc4cc(C)cc(C)n4)cc3Cl)c12. The highest BCUT2D eigenvalue weighted by Crippen LogP contribution is 2.38. The van der Waals surface area contributed by atoms with E-state index in [1.165, 1.54) is 6.20 Å². The summed E-state index contributed by atoms with van der Waals surface area (Å²) in [6.45, 7) is 8.13. The van der Waals surface area contributed by atoms with Crippen LogP contribution in [0, 0.1) is 13.8 Å². The van der Waals surface area contributed by atoms with Crippen LogP contribution in [0.1, 0.15) is 27.2 Å². The molecule has 9 nitrogen and oxygen atoms in total. The molecule has 0 spiro atoms. The van der Waals surface area contributed by atoms with Gasteiger partial charge in [0.25, 0.3) is 0 Å². The number of methoxy groups -OCH3 is 1. The summed E-state index contributed by atoms with van der Waals surface area (Å²) < 4.78 is 11.1. The van der Waals surface area contributed by atoms with Crippen LogP contribution in [0.25, 0.3) is 11.0 Å². The Kier molecular flexibility index (Phi) is 7.56. The molecule has 4 rings (SSSR count). The van der Waals surface area contributed by atoms with Crippen molar-refractivity contribution in [1.82, 2.24) is 15.0 Å². The molecule has 1 aromatic carbocycles. The molecule has 1 amide bonds. The summed E-state index contributed by atoms with van der Waals surface area (Å²) in [5.41, 5.74) is 4.49. The number of H-pyrrole nitrogens is 1. The Balaban J connectivity index is 1.75. The Morgan fingerprint density at radius 1 is 1.24 bits per heavy atom. The van der Waals surface area contributed by atoms with Crippen LogP contribution in [0.3, 0.4) is 0 Å². The van der Waals surface area contributed by atoms with Crippen molar-refractivity contribution in [2.75, 3.05) is 31.0 Å². The number of ether oxygens (including phenoxy) is 2.